The van der Waals surface area contributed by atoms with Crippen molar-refractivity contribution in [2.24, 2.45) is 0 Å². The summed E-state index contributed by atoms with van der Waals surface area (Å²) >= 11 is 1.77. The minimum Gasteiger partial charge on any atom is -0.345 e. The Labute approximate surface area is 127 Å². The maximum atomic E-state index is 4.79. The Bertz CT molecular complexity index is 424. The Kier molecular flexibility index (Phi) is 5.04. The van der Waals surface area contributed by atoms with E-state index < -0.39 is 0 Å². The van der Waals surface area contributed by atoms with E-state index in [1.807, 2.05) is 0 Å². The molecule has 4 nitrogen and oxygen atoms in total. The summed E-state index contributed by atoms with van der Waals surface area (Å²) in [5, 5.41) is 6.86. The predicted molar refractivity (Wildman–Crippen MR) is 87.6 cm³/mol. The van der Waals surface area contributed by atoms with Gasteiger partial charge >= 0.3 is 0 Å². The molecular formula is C15H28N4S. The smallest absolute Gasteiger partial charge is 0.185 e. The molecule has 1 fully saturated rings. The number of aromatic nitrogens is 1. The second-order valence-corrected chi connectivity index (χ2v) is 7.49. The van der Waals surface area contributed by atoms with E-state index in [2.05, 4.69) is 55.1 Å². The summed E-state index contributed by atoms with van der Waals surface area (Å²) in [6, 6.07) is 0.619. The Morgan fingerprint density at radius 3 is 2.75 bits per heavy atom. The summed E-state index contributed by atoms with van der Waals surface area (Å²) in [4.78, 5) is 9.75. The lowest BCUT2D eigenvalue weighted by atomic mass is 10.1. The van der Waals surface area contributed by atoms with E-state index in [9.17, 15) is 0 Å². The zero-order chi connectivity index (χ0) is 14.8. The van der Waals surface area contributed by atoms with E-state index in [1.54, 1.807) is 11.3 Å². The van der Waals surface area contributed by atoms with E-state index in [1.165, 1.54) is 5.13 Å². The number of hydrogen-bond donors (Lipinski definition) is 1. The fraction of sp³-hybridized carbons (Fsp3) is 0.800. The summed E-state index contributed by atoms with van der Waals surface area (Å²) in [6.45, 7) is 16.4. The van der Waals surface area contributed by atoms with E-state index in [0.29, 0.717) is 6.04 Å². The Balaban J connectivity index is 1.92. The standard InChI is InChI=1S/C15H28N4S/c1-6-18-7-8-19(10-12(18)2)14-17-13(11-20-14)9-16-15(3,4)5/h11-12,16H,6-10H2,1-5H3. The average molecular weight is 296 g/mol. The second-order valence-electron chi connectivity index (χ2n) is 6.65. The number of hydrogen-bond acceptors (Lipinski definition) is 5. The van der Waals surface area contributed by atoms with Crippen LogP contribution in [0.4, 0.5) is 5.13 Å². The first kappa shape index (κ1) is 15.7. The molecule has 0 aromatic carbocycles. The first-order valence-electron chi connectivity index (χ1n) is 7.57. The monoisotopic (exact) mass is 296 g/mol. The molecule has 1 aromatic rings. The third kappa shape index (κ3) is 4.17. The highest BCUT2D eigenvalue weighted by molar-refractivity contribution is 7.13. The Morgan fingerprint density at radius 1 is 1.40 bits per heavy atom. The molecule has 1 N–H and O–H groups in total. The van der Waals surface area contributed by atoms with Crippen LogP contribution in [0, 0.1) is 0 Å². The van der Waals surface area contributed by atoms with Gasteiger partial charge in [-0.15, -0.1) is 11.3 Å². The summed E-state index contributed by atoms with van der Waals surface area (Å²) in [7, 11) is 0. The molecule has 0 radical (unpaired) electrons. The highest BCUT2D eigenvalue weighted by atomic mass is 32.1. The van der Waals surface area contributed by atoms with Gasteiger partial charge in [-0.1, -0.05) is 6.92 Å². The molecule has 1 unspecified atom stereocenters. The van der Waals surface area contributed by atoms with Crippen LogP contribution in [0.3, 0.4) is 0 Å². The van der Waals surface area contributed by atoms with Gasteiger partial charge < -0.3 is 10.2 Å². The number of piperazine rings is 1. The molecule has 0 aliphatic carbocycles. The molecule has 114 valence electrons. The molecule has 1 saturated heterocycles. The van der Waals surface area contributed by atoms with E-state index in [4.69, 9.17) is 4.98 Å². The van der Waals surface area contributed by atoms with Gasteiger partial charge in [-0.2, -0.15) is 0 Å². The van der Waals surface area contributed by atoms with Crippen LogP contribution in [0.5, 0.6) is 0 Å². The normalized spacial score (nSPS) is 21.4. The average Bonchev–Trinajstić information content (AvgIpc) is 2.84. The number of nitrogens with one attached hydrogen (secondary N) is 1. The molecule has 0 saturated carbocycles. The third-order valence-corrected chi connectivity index (χ3v) is 4.73. The van der Waals surface area contributed by atoms with Crippen molar-refractivity contribution >= 4 is 16.5 Å². The van der Waals surface area contributed by atoms with Gasteiger partial charge in [0.25, 0.3) is 0 Å². The van der Waals surface area contributed by atoms with Crippen LogP contribution in [0.2, 0.25) is 0 Å². The van der Waals surface area contributed by atoms with Crippen LogP contribution in [0.1, 0.15) is 40.3 Å². The Hall–Kier alpha value is -0.650. The fourth-order valence-corrected chi connectivity index (χ4v) is 3.38. The lowest BCUT2D eigenvalue weighted by molar-refractivity contribution is 0.199. The van der Waals surface area contributed by atoms with Crippen molar-refractivity contribution in [3.05, 3.63) is 11.1 Å². The van der Waals surface area contributed by atoms with Crippen LogP contribution in [-0.4, -0.2) is 47.6 Å². The lowest BCUT2D eigenvalue weighted by Gasteiger charge is -2.39. The molecule has 20 heavy (non-hydrogen) atoms. The van der Waals surface area contributed by atoms with Gasteiger partial charge in [0.15, 0.2) is 5.13 Å². The zero-order valence-electron chi connectivity index (χ0n) is 13.4. The van der Waals surface area contributed by atoms with E-state index in [0.717, 1.165) is 38.4 Å². The van der Waals surface area contributed by atoms with Gasteiger partial charge in [-0.25, -0.2) is 4.98 Å². The third-order valence-electron chi connectivity index (χ3n) is 3.78. The van der Waals surface area contributed by atoms with Crippen molar-refractivity contribution in [2.75, 3.05) is 31.1 Å². The van der Waals surface area contributed by atoms with E-state index >= 15 is 0 Å². The molecule has 2 heterocycles. The van der Waals surface area contributed by atoms with Crippen molar-refractivity contribution in [3.8, 4) is 0 Å². The van der Waals surface area contributed by atoms with Gasteiger partial charge in [0.2, 0.25) is 0 Å². The molecular weight excluding hydrogens is 268 g/mol. The quantitative estimate of drug-likeness (QED) is 0.925. The van der Waals surface area contributed by atoms with Gasteiger partial charge in [0.1, 0.15) is 0 Å². The topological polar surface area (TPSA) is 31.4 Å². The number of thiazole rings is 1. The minimum absolute atomic E-state index is 0.144. The first-order chi connectivity index (χ1) is 9.39. The molecule has 1 aromatic heterocycles. The highest BCUT2D eigenvalue weighted by Gasteiger charge is 2.24. The van der Waals surface area contributed by atoms with Crippen molar-refractivity contribution in [3.63, 3.8) is 0 Å². The van der Waals surface area contributed by atoms with Crippen molar-refractivity contribution in [1.82, 2.24) is 15.2 Å². The van der Waals surface area contributed by atoms with Crippen LogP contribution in [-0.2, 0) is 6.54 Å². The molecule has 1 atom stereocenters. The Morgan fingerprint density at radius 2 is 2.15 bits per heavy atom. The van der Waals surface area contributed by atoms with Crippen LogP contribution < -0.4 is 10.2 Å². The maximum Gasteiger partial charge on any atom is 0.185 e. The van der Waals surface area contributed by atoms with Crippen LogP contribution in [0.15, 0.2) is 5.38 Å². The predicted octanol–water partition coefficient (Wildman–Crippen LogP) is 2.56. The van der Waals surface area contributed by atoms with Crippen molar-refractivity contribution in [2.45, 2.75) is 52.7 Å². The van der Waals surface area contributed by atoms with Crippen LogP contribution >= 0.6 is 11.3 Å². The summed E-state index contributed by atoms with van der Waals surface area (Å²) in [5.74, 6) is 0. The van der Waals surface area contributed by atoms with E-state index in [-0.39, 0.29) is 5.54 Å². The second kappa shape index (κ2) is 6.41. The molecule has 2 rings (SSSR count). The van der Waals surface area contributed by atoms with Gasteiger partial charge in [-0.3, -0.25) is 4.90 Å². The number of anilines is 1. The first-order valence-corrected chi connectivity index (χ1v) is 8.45. The molecule has 1 aliphatic heterocycles. The number of rotatable bonds is 4. The minimum atomic E-state index is 0.144. The van der Waals surface area contributed by atoms with Gasteiger partial charge in [-0.05, 0) is 34.2 Å². The number of nitrogens with zero attached hydrogens (tertiary/aromatic N) is 3. The highest BCUT2D eigenvalue weighted by Crippen LogP contribution is 2.23. The fourth-order valence-electron chi connectivity index (χ4n) is 2.52. The molecule has 0 amide bonds. The summed E-state index contributed by atoms with van der Waals surface area (Å²) in [6.07, 6.45) is 0. The van der Waals surface area contributed by atoms with Gasteiger partial charge in [0, 0.05) is 43.1 Å². The van der Waals surface area contributed by atoms with Gasteiger partial charge in [0.05, 0.1) is 5.69 Å². The molecule has 0 bridgehead atoms. The SMILES string of the molecule is CCN1CCN(c2nc(CNC(C)(C)C)cs2)CC1C. The van der Waals surface area contributed by atoms with Crippen molar-refractivity contribution < 1.29 is 0 Å². The summed E-state index contributed by atoms with van der Waals surface area (Å²) in [5.41, 5.74) is 1.30. The summed E-state index contributed by atoms with van der Waals surface area (Å²) < 4.78 is 0. The number of likely N-dealkylation sites (N-methyl/N-ethyl adjacent to an activating group) is 1. The molecule has 1 aliphatic rings. The zero-order valence-corrected chi connectivity index (χ0v) is 14.3. The largest absolute Gasteiger partial charge is 0.345 e. The lowest BCUT2D eigenvalue weighted by Crippen LogP contribution is -2.51. The maximum absolute atomic E-state index is 4.79. The van der Waals surface area contributed by atoms with Crippen molar-refractivity contribution in [1.29, 1.82) is 0 Å². The molecule has 5 heteroatoms. The molecule has 0 spiro atoms. The van der Waals surface area contributed by atoms with Crippen LogP contribution in [0.25, 0.3) is 0 Å².